The summed E-state index contributed by atoms with van der Waals surface area (Å²) in [4.78, 5) is 25.3. The van der Waals surface area contributed by atoms with Crippen LogP contribution in [0, 0.1) is 11.3 Å². The molecule has 2 amide bonds. The summed E-state index contributed by atoms with van der Waals surface area (Å²) >= 11 is 5.81. The Labute approximate surface area is 152 Å². The largest absolute Gasteiger partial charge is 0.390 e. The van der Waals surface area contributed by atoms with Crippen molar-refractivity contribution in [3.05, 3.63) is 46.6 Å². The van der Waals surface area contributed by atoms with E-state index in [-0.39, 0.29) is 11.5 Å². The summed E-state index contributed by atoms with van der Waals surface area (Å²) in [7, 11) is 0. The minimum atomic E-state index is -0.431. The summed E-state index contributed by atoms with van der Waals surface area (Å²) in [6.45, 7) is 2.45. The average Bonchev–Trinajstić information content (AvgIpc) is 3.02. The molecule has 0 atom stereocenters. The van der Waals surface area contributed by atoms with Crippen LogP contribution in [-0.4, -0.2) is 36.3 Å². The van der Waals surface area contributed by atoms with E-state index in [9.17, 15) is 9.59 Å². The van der Waals surface area contributed by atoms with Crippen LogP contribution in [0.15, 0.2) is 36.0 Å². The first-order valence-electron chi connectivity index (χ1n) is 8.24. The number of nitrogens with one attached hydrogen (secondary N) is 2. The molecule has 1 aliphatic rings. The van der Waals surface area contributed by atoms with Gasteiger partial charge in [-0.2, -0.15) is 5.26 Å². The van der Waals surface area contributed by atoms with Gasteiger partial charge in [-0.25, -0.2) is 0 Å². The van der Waals surface area contributed by atoms with Crippen molar-refractivity contribution in [2.75, 3.05) is 19.6 Å². The Bertz CT molecular complexity index is 679. The van der Waals surface area contributed by atoms with Crippen molar-refractivity contribution in [3.63, 3.8) is 0 Å². The SMILES string of the molecule is N#C/C(=C/NCCCN1CCCC1=O)C(=O)NCc1ccc(Cl)cc1. The van der Waals surface area contributed by atoms with Gasteiger partial charge in [0.05, 0.1) is 0 Å². The van der Waals surface area contributed by atoms with E-state index in [1.165, 1.54) is 6.20 Å². The van der Waals surface area contributed by atoms with Gasteiger partial charge in [0, 0.05) is 43.8 Å². The number of halogens is 1. The molecule has 132 valence electrons. The molecular formula is C18H21ClN4O2. The molecule has 0 radical (unpaired) electrons. The minimum absolute atomic E-state index is 0.0196. The summed E-state index contributed by atoms with van der Waals surface area (Å²) in [5.41, 5.74) is 0.921. The van der Waals surface area contributed by atoms with E-state index >= 15 is 0 Å². The van der Waals surface area contributed by atoms with Gasteiger partial charge in [-0.1, -0.05) is 23.7 Å². The first-order valence-corrected chi connectivity index (χ1v) is 8.62. The Morgan fingerprint density at radius 3 is 2.76 bits per heavy atom. The van der Waals surface area contributed by atoms with Gasteiger partial charge in [0.25, 0.3) is 5.91 Å². The quantitative estimate of drug-likeness (QED) is 0.421. The minimum Gasteiger partial charge on any atom is -0.390 e. The number of nitriles is 1. The van der Waals surface area contributed by atoms with E-state index in [4.69, 9.17) is 16.9 Å². The second-order valence-corrected chi connectivity index (χ2v) is 6.21. The van der Waals surface area contributed by atoms with Gasteiger partial charge in [0.15, 0.2) is 0 Å². The lowest BCUT2D eigenvalue weighted by atomic mass is 10.2. The highest BCUT2D eigenvalue weighted by atomic mass is 35.5. The lowest BCUT2D eigenvalue weighted by Gasteiger charge is -2.14. The van der Waals surface area contributed by atoms with E-state index in [2.05, 4.69) is 10.6 Å². The van der Waals surface area contributed by atoms with Crippen molar-refractivity contribution in [1.82, 2.24) is 15.5 Å². The summed E-state index contributed by atoms with van der Waals surface area (Å²) in [6.07, 6.45) is 3.76. The zero-order valence-electron chi connectivity index (χ0n) is 13.9. The van der Waals surface area contributed by atoms with Gasteiger partial charge in [-0.3, -0.25) is 9.59 Å². The average molecular weight is 361 g/mol. The highest BCUT2D eigenvalue weighted by Crippen LogP contribution is 2.10. The first kappa shape index (κ1) is 18.8. The Hall–Kier alpha value is -2.52. The smallest absolute Gasteiger partial charge is 0.263 e. The number of rotatable bonds is 8. The van der Waals surface area contributed by atoms with Crippen LogP contribution < -0.4 is 10.6 Å². The predicted octanol–water partition coefficient (Wildman–Crippen LogP) is 1.97. The number of carbonyl (C=O) groups is 2. The number of hydrogen-bond donors (Lipinski definition) is 2. The fourth-order valence-corrected chi connectivity index (χ4v) is 2.64. The van der Waals surface area contributed by atoms with Crippen LogP contribution in [0.4, 0.5) is 0 Å². The van der Waals surface area contributed by atoms with Crippen LogP contribution in [0.3, 0.4) is 0 Å². The van der Waals surface area contributed by atoms with Gasteiger partial charge in [-0.15, -0.1) is 0 Å². The van der Waals surface area contributed by atoms with Crippen LogP contribution >= 0.6 is 11.6 Å². The van der Waals surface area contributed by atoms with Gasteiger partial charge in [-0.05, 0) is 30.5 Å². The number of nitrogens with zero attached hydrogens (tertiary/aromatic N) is 2. The van der Waals surface area contributed by atoms with Crippen LogP contribution in [0.25, 0.3) is 0 Å². The van der Waals surface area contributed by atoms with Gasteiger partial charge < -0.3 is 15.5 Å². The second-order valence-electron chi connectivity index (χ2n) is 5.77. The third kappa shape index (κ3) is 6.12. The molecule has 1 aliphatic heterocycles. The van der Waals surface area contributed by atoms with Crippen molar-refractivity contribution in [3.8, 4) is 6.07 Å². The fraction of sp³-hybridized carbons (Fsp3) is 0.389. The molecule has 1 aromatic rings. The molecule has 7 heteroatoms. The maximum Gasteiger partial charge on any atom is 0.263 e. The molecule has 0 spiro atoms. The highest BCUT2D eigenvalue weighted by Gasteiger charge is 2.18. The van der Waals surface area contributed by atoms with Gasteiger partial charge in [0.1, 0.15) is 11.6 Å². The number of likely N-dealkylation sites (tertiary alicyclic amines) is 1. The van der Waals surface area contributed by atoms with E-state index in [1.54, 1.807) is 12.1 Å². The number of benzene rings is 1. The molecule has 1 fully saturated rings. The van der Waals surface area contributed by atoms with Crippen molar-refractivity contribution in [2.45, 2.75) is 25.8 Å². The third-order valence-corrected chi connectivity index (χ3v) is 4.15. The van der Waals surface area contributed by atoms with Crippen molar-refractivity contribution >= 4 is 23.4 Å². The number of hydrogen-bond acceptors (Lipinski definition) is 4. The third-order valence-electron chi connectivity index (χ3n) is 3.90. The second kappa shape index (κ2) is 9.70. The molecule has 6 nitrogen and oxygen atoms in total. The summed E-state index contributed by atoms with van der Waals surface area (Å²) in [6, 6.07) is 9.01. The van der Waals surface area contributed by atoms with Crippen LogP contribution in [0.2, 0.25) is 5.02 Å². The van der Waals surface area contributed by atoms with Crippen molar-refractivity contribution < 1.29 is 9.59 Å². The maximum absolute atomic E-state index is 12.0. The molecule has 2 rings (SSSR count). The molecule has 0 bridgehead atoms. The van der Waals surface area contributed by atoms with Gasteiger partial charge >= 0.3 is 0 Å². The zero-order valence-corrected chi connectivity index (χ0v) is 14.7. The standard InChI is InChI=1S/C18H21ClN4O2/c19-16-6-4-14(5-7-16)12-22-18(25)15(11-20)13-21-8-2-10-23-9-1-3-17(23)24/h4-7,13,21H,1-3,8-10,12H2,(H,22,25)/b15-13-. The van der Waals surface area contributed by atoms with E-state index in [1.807, 2.05) is 23.1 Å². The van der Waals surface area contributed by atoms with Crippen LogP contribution in [0.5, 0.6) is 0 Å². The molecule has 25 heavy (non-hydrogen) atoms. The molecule has 1 saturated heterocycles. The Morgan fingerprint density at radius 1 is 1.36 bits per heavy atom. The van der Waals surface area contributed by atoms with Gasteiger partial charge in [0.2, 0.25) is 5.91 Å². The van der Waals surface area contributed by atoms with E-state index in [0.717, 1.165) is 24.9 Å². The normalized spacial score (nSPS) is 14.3. The summed E-state index contributed by atoms with van der Waals surface area (Å²) in [5.74, 6) is -0.227. The molecule has 0 aliphatic carbocycles. The first-order chi connectivity index (χ1) is 12.1. The highest BCUT2D eigenvalue weighted by molar-refractivity contribution is 6.30. The zero-order chi connectivity index (χ0) is 18.1. The fourth-order valence-electron chi connectivity index (χ4n) is 2.52. The topological polar surface area (TPSA) is 85.2 Å². The number of carbonyl (C=O) groups excluding carboxylic acids is 2. The number of amides is 2. The monoisotopic (exact) mass is 360 g/mol. The van der Waals surface area contributed by atoms with E-state index in [0.29, 0.717) is 31.1 Å². The molecule has 0 unspecified atom stereocenters. The molecule has 1 aromatic carbocycles. The maximum atomic E-state index is 12.0. The van der Waals surface area contributed by atoms with Crippen LogP contribution in [0.1, 0.15) is 24.8 Å². The molecular weight excluding hydrogens is 340 g/mol. The Balaban J connectivity index is 1.71. The Kier molecular flexibility index (Phi) is 7.30. The predicted molar refractivity (Wildman–Crippen MR) is 95.4 cm³/mol. The Morgan fingerprint density at radius 2 is 2.12 bits per heavy atom. The molecule has 0 aromatic heterocycles. The molecule has 2 N–H and O–H groups in total. The molecule has 1 heterocycles. The molecule has 0 saturated carbocycles. The van der Waals surface area contributed by atoms with Crippen LogP contribution in [-0.2, 0) is 16.1 Å². The van der Waals surface area contributed by atoms with Crippen molar-refractivity contribution in [2.24, 2.45) is 0 Å². The summed E-state index contributed by atoms with van der Waals surface area (Å²) in [5, 5.41) is 15.4. The lowest BCUT2D eigenvalue weighted by Crippen LogP contribution is -2.28. The van der Waals surface area contributed by atoms with Crippen molar-refractivity contribution in [1.29, 1.82) is 5.26 Å². The van der Waals surface area contributed by atoms with E-state index < -0.39 is 5.91 Å². The lowest BCUT2D eigenvalue weighted by molar-refractivity contribution is -0.127. The summed E-state index contributed by atoms with van der Waals surface area (Å²) < 4.78 is 0.